The van der Waals surface area contributed by atoms with Crippen molar-refractivity contribution < 1.29 is 22.3 Å². The van der Waals surface area contributed by atoms with Gasteiger partial charge in [-0.2, -0.15) is 17.6 Å². The molecule has 0 amide bonds. The molecular formula is C4H7ClF4O. The fraction of sp³-hybridized carbons (Fsp3) is 1.00. The van der Waals surface area contributed by atoms with Crippen LogP contribution in [-0.4, -0.2) is 19.1 Å². The molecule has 0 aromatic rings. The minimum absolute atomic E-state index is 0.722. The normalized spacial score (nSPS) is 9.60. The van der Waals surface area contributed by atoms with Crippen molar-refractivity contribution in [3.63, 3.8) is 0 Å². The summed E-state index contributed by atoms with van der Waals surface area (Å²) in [5.41, 5.74) is 0. The number of halogens is 5. The first-order chi connectivity index (χ1) is 4.54. The first kappa shape index (κ1) is 12.6. The Labute approximate surface area is 60.9 Å². The molecule has 0 saturated carbocycles. The lowest BCUT2D eigenvalue weighted by Crippen LogP contribution is -2.03. The molecule has 0 heterocycles. The van der Waals surface area contributed by atoms with Crippen LogP contribution in [0.3, 0.4) is 0 Å². The first-order valence-corrected chi connectivity index (χ1v) is 2.85. The zero-order valence-electron chi connectivity index (χ0n) is 5.16. The molecule has 0 radical (unpaired) electrons. The third-order valence-corrected chi connectivity index (χ3v) is 0.206. The predicted molar refractivity (Wildman–Crippen MR) is 29.5 cm³/mol. The molecule has 0 saturated heterocycles. The molecule has 6 heteroatoms. The second kappa shape index (κ2) is 8.97. The SMILES string of the molecule is CCCl.FC(F)OC(F)F. The number of rotatable bonds is 2. The Hall–Kier alpha value is -0.0300. The van der Waals surface area contributed by atoms with Crippen molar-refractivity contribution in [1.29, 1.82) is 0 Å². The van der Waals surface area contributed by atoms with Gasteiger partial charge < -0.3 is 0 Å². The maximum absolute atomic E-state index is 10.6. The maximum atomic E-state index is 10.6. The van der Waals surface area contributed by atoms with Gasteiger partial charge in [0.15, 0.2) is 0 Å². The van der Waals surface area contributed by atoms with Crippen molar-refractivity contribution >= 4 is 11.6 Å². The summed E-state index contributed by atoms with van der Waals surface area (Å²) in [4.78, 5) is 0. The van der Waals surface area contributed by atoms with E-state index in [9.17, 15) is 17.6 Å². The molecule has 0 aromatic carbocycles. The van der Waals surface area contributed by atoms with E-state index >= 15 is 0 Å². The highest BCUT2D eigenvalue weighted by molar-refractivity contribution is 6.17. The summed E-state index contributed by atoms with van der Waals surface area (Å²) in [6.45, 7) is -4.86. The Morgan fingerprint density at radius 1 is 1.20 bits per heavy atom. The van der Waals surface area contributed by atoms with Crippen molar-refractivity contribution in [2.24, 2.45) is 0 Å². The third-order valence-electron chi connectivity index (χ3n) is 0.206. The molecule has 0 aliphatic carbocycles. The lowest BCUT2D eigenvalue weighted by Gasteiger charge is -1.95. The van der Waals surface area contributed by atoms with Gasteiger partial charge in [0, 0.05) is 5.88 Å². The smallest absolute Gasteiger partial charge is 0.260 e. The fourth-order valence-corrected chi connectivity index (χ4v) is 0.0778. The summed E-state index contributed by atoms with van der Waals surface area (Å²) in [6.07, 6.45) is 0. The van der Waals surface area contributed by atoms with Crippen molar-refractivity contribution in [1.82, 2.24) is 0 Å². The Morgan fingerprint density at radius 3 is 1.40 bits per heavy atom. The van der Waals surface area contributed by atoms with E-state index in [2.05, 4.69) is 4.74 Å². The van der Waals surface area contributed by atoms with E-state index in [1.54, 1.807) is 0 Å². The second-order valence-corrected chi connectivity index (χ2v) is 1.46. The molecule has 1 nitrogen and oxygen atoms in total. The van der Waals surface area contributed by atoms with Crippen LogP contribution in [0.4, 0.5) is 17.6 Å². The average Bonchev–Trinajstić information content (AvgIpc) is 1.62. The van der Waals surface area contributed by atoms with Gasteiger partial charge in [0.25, 0.3) is 0 Å². The van der Waals surface area contributed by atoms with E-state index in [0.29, 0.717) is 0 Å². The lowest BCUT2D eigenvalue weighted by molar-refractivity contribution is -0.245. The van der Waals surface area contributed by atoms with Gasteiger partial charge in [0.05, 0.1) is 0 Å². The molecule has 0 N–H and O–H groups in total. The molecule has 0 fully saturated rings. The molecule has 0 bridgehead atoms. The lowest BCUT2D eigenvalue weighted by atomic mass is 11.0. The molecule has 10 heavy (non-hydrogen) atoms. The zero-order chi connectivity index (χ0) is 8.57. The van der Waals surface area contributed by atoms with Gasteiger partial charge in [-0.25, -0.2) is 0 Å². The van der Waals surface area contributed by atoms with E-state index in [4.69, 9.17) is 11.6 Å². The standard InChI is InChI=1S/C2H5Cl.C2H2F4O/c1-2-3;3-1(4)7-2(5)6/h2H2,1H3;1-2H. The van der Waals surface area contributed by atoms with Gasteiger partial charge in [0.2, 0.25) is 0 Å². The highest BCUT2D eigenvalue weighted by Crippen LogP contribution is 2.02. The van der Waals surface area contributed by atoms with Crippen LogP contribution in [-0.2, 0) is 4.74 Å². The van der Waals surface area contributed by atoms with Crippen LogP contribution >= 0.6 is 11.6 Å². The minimum atomic E-state index is -3.38. The van der Waals surface area contributed by atoms with Crippen LogP contribution in [0.25, 0.3) is 0 Å². The Kier molecular flexibility index (Phi) is 11.3. The van der Waals surface area contributed by atoms with Crippen molar-refractivity contribution in [3.8, 4) is 0 Å². The zero-order valence-corrected chi connectivity index (χ0v) is 5.92. The van der Waals surface area contributed by atoms with Crippen LogP contribution in [0.5, 0.6) is 0 Å². The van der Waals surface area contributed by atoms with Gasteiger partial charge >= 0.3 is 13.2 Å². The maximum Gasteiger partial charge on any atom is 0.349 e. The molecule has 0 aliphatic rings. The van der Waals surface area contributed by atoms with Crippen molar-refractivity contribution in [3.05, 3.63) is 0 Å². The van der Waals surface area contributed by atoms with E-state index < -0.39 is 13.2 Å². The monoisotopic (exact) mass is 182 g/mol. The summed E-state index contributed by atoms with van der Waals surface area (Å²) in [6, 6.07) is 0. The molecule has 0 aromatic heterocycles. The number of ether oxygens (including phenoxy) is 1. The number of hydrogen-bond acceptors (Lipinski definition) is 1. The Balaban J connectivity index is 0. The summed E-state index contributed by atoms with van der Waals surface area (Å²) in [5, 5.41) is 0. The van der Waals surface area contributed by atoms with Gasteiger partial charge in [-0.3, -0.25) is 4.74 Å². The minimum Gasteiger partial charge on any atom is -0.260 e. The Morgan fingerprint density at radius 2 is 1.40 bits per heavy atom. The average molecular weight is 183 g/mol. The highest BCUT2D eigenvalue weighted by Gasteiger charge is 2.09. The largest absolute Gasteiger partial charge is 0.349 e. The summed E-state index contributed by atoms with van der Waals surface area (Å²) in [7, 11) is 0. The molecule has 64 valence electrons. The Bertz CT molecular complexity index is 55.2. The second-order valence-electron chi connectivity index (χ2n) is 0.925. The van der Waals surface area contributed by atoms with Crippen LogP contribution in [0.15, 0.2) is 0 Å². The quantitative estimate of drug-likeness (QED) is 0.471. The van der Waals surface area contributed by atoms with E-state index in [-0.39, 0.29) is 0 Å². The van der Waals surface area contributed by atoms with Crippen LogP contribution in [0, 0.1) is 0 Å². The van der Waals surface area contributed by atoms with Gasteiger partial charge in [-0.15, -0.1) is 11.6 Å². The summed E-state index contributed by atoms with van der Waals surface area (Å²) in [5.74, 6) is 0.722. The molecule has 0 spiro atoms. The van der Waals surface area contributed by atoms with Gasteiger partial charge in [-0.05, 0) is 0 Å². The van der Waals surface area contributed by atoms with Gasteiger partial charge in [0.1, 0.15) is 0 Å². The number of alkyl halides is 5. The van der Waals surface area contributed by atoms with Crippen LogP contribution in [0.1, 0.15) is 6.92 Å². The molecule has 0 atom stereocenters. The van der Waals surface area contributed by atoms with E-state index in [0.717, 1.165) is 5.88 Å². The fourth-order valence-electron chi connectivity index (χ4n) is 0.0778. The van der Waals surface area contributed by atoms with E-state index in [1.165, 1.54) is 0 Å². The molecule has 0 aliphatic heterocycles. The van der Waals surface area contributed by atoms with Crippen LogP contribution in [0.2, 0.25) is 0 Å². The molecule has 0 rings (SSSR count). The highest BCUT2D eigenvalue weighted by atomic mass is 35.5. The topological polar surface area (TPSA) is 9.23 Å². The molecule has 0 unspecified atom stereocenters. The van der Waals surface area contributed by atoms with E-state index in [1.807, 2.05) is 6.92 Å². The molecular weight excluding hydrogens is 175 g/mol. The summed E-state index contributed by atoms with van der Waals surface area (Å²) < 4.78 is 44.9. The third kappa shape index (κ3) is 24.6. The van der Waals surface area contributed by atoms with Crippen LogP contribution < -0.4 is 0 Å². The first-order valence-electron chi connectivity index (χ1n) is 2.32. The number of hydrogen-bond donors (Lipinski definition) is 0. The predicted octanol–water partition coefficient (Wildman–Crippen LogP) is 2.69. The van der Waals surface area contributed by atoms with Crippen molar-refractivity contribution in [2.45, 2.75) is 20.1 Å². The van der Waals surface area contributed by atoms with Crippen molar-refractivity contribution in [2.75, 3.05) is 5.88 Å². The summed E-state index contributed by atoms with van der Waals surface area (Å²) >= 11 is 5.00. The van der Waals surface area contributed by atoms with Gasteiger partial charge in [-0.1, -0.05) is 6.92 Å².